The molecule has 4 nitrogen and oxygen atoms in total. The van der Waals surface area contributed by atoms with Crippen molar-refractivity contribution in [1.82, 2.24) is 9.78 Å². The zero-order valence-electron chi connectivity index (χ0n) is 10.00. The van der Waals surface area contributed by atoms with E-state index in [-0.39, 0.29) is 17.4 Å². The zero-order chi connectivity index (χ0) is 13.7. The number of halogens is 3. The second-order valence-electron chi connectivity index (χ2n) is 4.31. The van der Waals surface area contributed by atoms with E-state index in [1.807, 2.05) is 0 Å². The first kappa shape index (κ1) is 13.3. The van der Waals surface area contributed by atoms with Gasteiger partial charge >= 0.3 is 6.18 Å². The van der Waals surface area contributed by atoms with Crippen molar-refractivity contribution in [2.24, 2.45) is 4.99 Å². The predicted molar refractivity (Wildman–Crippen MR) is 64.6 cm³/mol. The topological polar surface area (TPSA) is 50.1 Å². The molecule has 0 saturated carbocycles. The number of thioether (sulfide) groups is 1. The number of alkyl halides is 3. The van der Waals surface area contributed by atoms with Gasteiger partial charge in [-0.15, -0.1) is 0 Å². The van der Waals surface area contributed by atoms with Crippen molar-refractivity contribution >= 4 is 22.6 Å². The molecule has 0 fully saturated rings. The molecule has 2 heterocycles. The van der Waals surface area contributed by atoms with Gasteiger partial charge in [-0.05, 0) is 20.8 Å². The van der Waals surface area contributed by atoms with Gasteiger partial charge in [0.05, 0.1) is 10.6 Å². The van der Waals surface area contributed by atoms with Crippen LogP contribution in [0.1, 0.15) is 37.6 Å². The Kier molecular flexibility index (Phi) is 3.08. The number of fused-ring (bicyclic) bond motifs is 1. The summed E-state index contributed by atoms with van der Waals surface area (Å²) in [6, 6.07) is -0.157. The lowest BCUT2D eigenvalue weighted by molar-refractivity contribution is -0.129. The summed E-state index contributed by atoms with van der Waals surface area (Å²) in [4.78, 5) is 15.8. The summed E-state index contributed by atoms with van der Waals surface area (Å²) in [7, 11) is 0. The smallest absolute Gasteiger partial charge is 0.268 e. The highest BCUT2D eigenvalue weighted by Gasteiger charge is 2.47. The SMILES string of the molecule is CC1=Nc2c(c(=O)[nH]n2C(C)C)[C@@H](C(F)(F)F)S1. The Hall–Kier alpha value is -1.18. The van der Waals surface area contributed by atoms with Crippen LogP contribution >= 0.6 is 11.8 Å². The van der Waals surface area contributed by atoms with E-state index in [1.54, 1.807) is 13.8 Å². The molecule has 0 bridgehead atoms. The Labute approximate surface area is 105 Å². The van der Waals surface area contributed by atoms with E-state index in [0.717, 1.165) is 0 Å². The minimum absolute atomic E-state index is 0.0913. The molecule has 1 aromatic heterocycles. The summed E-state index contributed by atoms with van der Waals surface area (Å²) in [5, 5.41) is 0.883. The molecule has 18 heavy (non-hydrogen) atoms. The van der Waals surface area contributed by atoms with Gasteiger partial charge in [0.1, 0.15) is 5.25 Å². The number of rotatable bonds is 1. The Balaban J connectivity index is 2.67. The highest BCUT2D eigenvalue weighted by Crippen LogP contribution is 2.48. The van der Waals surface area contributed by atoms with Crippen molar-refractivity contribution in [2.75, 3.05) is 0 Å². The van der Waals surface area contributed by atoms with Gasteiger partial charge in [0, 0.05) is 6.04 Å². The van der Waals surface area contributed by atoms with Crippen molar-refractivity contribution in [3.63, 3.8) is 0 Å². The summed E-state index contributed by atoms with van der Waals surface area (Å²) >= 11 is 0.567. The Morgan fingerprint density at radius 3 is 2.56 bits per heavy atom. The van der Waals surface area contributed by atoms with Crippen LogP contribution in [0.15, 0.2) is 9.79 Å². The molecule has 0 aliphatic carbocycles. The number of nitrogens with one attached hydrogen (secondary N) is 1. The van der Waals surface area contributed by atoms with Crippen molar-refractivity contribution in [1.29, 1.82) is 0 Å². The first-order chi connectivity index (χ1) is 8.21. The second kappa shape index (κ2) is 4.18. The van der Waals surface area contributed by atoms with Gasteiger partial charge in [0.2, 0.25) is 0 Å². The molecule has 8 heteroatoms. The van der Waals surface area contributed by atoms with E-state index in [1.165, 1.54) is 11.6 Å². The standard InChI is InChI=1S/C10H12F3N3OS/c1-4(2)16-8-6(9(17)15-16)7(10(11,12)13)18-5(3)14-8/h4,7H,1-3H3,(H,15,17)/t7-/m0/s1. The predicted octanol–water partition coefficient (Wildman–Crippen LogP) is 3.16. The third-order valence-corrected chi connectivity index (χ3v) is 3.73. The molecule has 100 valence electrons. The second-order valence-corrected chi connectivity index (χ2v) is 5.61. The number of aliphatic imine (C=N–C) groups is 1. The number of aromatic nitrogens is 2. The molecular weight excluding hydrogens is 267 g/mol. The average Bonchev–Trinajstić information content (AvgIpc) is 2.53. The third kappa shape index (κ3) is 2.09. The summed E-state index contributed by atoms with van der Waals surface area (Å²) in [6.07, 6.45) is -4.47. The van der Waals surface area contributed by atoms with E-state index in [0.29, 0.717) is 16.8 Å². The van der Waals surface area contributed by atoms with Crippen molar-refractivity contribution in [2.45, 2.75) is 38.2 Å². The molecule has 1 aromatic rings. The van der Waals surface area contributed by atoms with Crippen LogP contribution in [0.4, 0.5) is 19.0 Å². The quantitative estimate of drug-likeness (QED) is 0.858. The molecule has 1 aliphatic rings. The monoisotopic (exact) mass is 279 g/mol. The van der Waals surface area contributed by atoms with E-state index in [9.17, 15) is 18.0 Å². The Morgan fingerprint density at radius 1 is 1.44 bits per heavy atom. The van der Waals surface area contributed by atoms with Crippen molar-refractivity contribution in [3.8, 4) is 0 Å². The van der Waals surface area contributed by atoms with Crippen LogP contribution in [-0.4, -0.2) is 21.0 Å². The van der Waals surface area contributed by atoms with Gasteiger partial charge in [-0.2, -0.15) is 13.2 Å². The van der Waals surface area contributed by atoms with Gasteiger partial charge in [0.25, 0.3) is 5.56 Å². The third-order valence-electron chi connectivity index (χ3n) is 2.56. The van der Waals surface area contributed by atoms with Crippen LogP contribution in [0.3, 0.4) is 0 Å². The number of hydrogen-bond acceptors (Lipinski definition) is 3. The lowest BCUT2D eigenvalue weighted by Gasteiger charge is -2.22. The first-order valence-corrected chi connectivity index (χ1v) is 6.23. The number of hydrogen-bond donors (Lipinski definition) is 1. The van der Waals surface area contributed by atoms with E-state index < -0.39 is 17.0 Å². The fourth-order valence-electron chi connectivity index (χ4n) is 1.81. The Bertz CT molecular complexity index is 556. The molecule has 0 amide bonds. The highest BCUT2D eigenvalue weighted by atomic mass is 32.2. The van der Waals surface area contributed by atoms with Gasteiger partial charge < -0.3 is 0 Å². The van der Waals surface area contributed by atoms with Gasteiger partial charge in [0.15, 0.2) is 5.82 Å². The minimum atomic E-state index is -4.47. The lowest BCUT2D eigenvalue weighted by atomic mass is 10.2. The van der Waals surface area contributed by atoms with Crippen LogP contribution < -0.4 is 5.56 Å². The number of H-pyrrole nitrogens is 1. The molecule has 0 radical (unpaired) electrons. The highest BCUT2D eigenvalue weighted by molar-refractivity contribution is 8.14. The molecule has 0 aromatic carbocycles. The normalized spacial score (nSPS) is 19.9. The summed E-state index contributed by atoms with van der Waals surface area (Å²) in [5.74, 6) is 0.0913. The van der Waals surface area contributed by atoms with Crippen LogP contribution in [-0.2, 0) is 0 Å². The van der Waals surface area contributed by atoms with Gasteiger partial charge in [-0.25, -0.2) is 4.99 Å². The minimum Gasteiger partial charge on any atom is -0.268 e. The van der Waals surface area contributed by atoms with Crippen molar-refractivity contribution < 1.29 is 13.2 Å². The average molecular weight is 279 g/mol. The molecule has 0 saturated heterocycles. The maximum absolute atomic E-state index is 12.9. The molecular formula is C10H12F3N3OS. The molecule has 2 rings (SSSR count). The van der Waals surface area contributed by atoms with E-state index in [4.69, 9.17) is 0 Å². The molecule has 0 spiro atoms. The fourth-order valence-corrected chi connectivity index (χ4v) is 2.76. The first-order valence-electron chi connectivity index (χ1n) is 5.35. The molecule has 0 unspecified atom stereocenters. The maximum atomic E-state index is 12.9. The summed E-state index contributed by atoms with van der Waals surface area (Å²) in [6.45, 7) is 5.05. The number of nitrogens with zero attached hydrogens (tertiary/aromatic N) is 2. The van der Waals surface area contributed by atoms with E-state index >= 15 is 0 Å². The number of aromatic amines is 1. The van der Waals surface area contributed by atoms with Crippen LogP contribution in [0.2, 0.25) is 0 Å². The summed E-state index contributed by atoms with van der Waals surface area (Å²) in [5.41, 5.74) is -1.02. The lowest BCUT2D eigenvalue weighted by Crippen LogP contribution is -2.25. The van der Waals surface area contributed by atoms with Gasteiger partial charge in [-0.3, -0.25) is 14.6 Å². The van der Waals surface area contributed by atoms with Crippen LogP contribution in [0.5, 0.6) is 0 Å². The Morgan fingerprint density at radius 2 is 2.06 bits per heavy atom. The fraction of sp³-hybridized carbons (Fsp3) is 0.600. The maximum Gasteiger partial charge on any atom is 0.405 e. The molecule has 1 atom stereocenters. The largest absolute Gasteiger partial charge is 0.405 e. The summed E-state index contributed by atoms with van der Waals surface area (Å²) < 4.78 is 40.2. The van der Waals surface area contributed by atoms with Crippen LogP contribution in [0, 0.1) is 0 Å². The van der Waals surface area contributed by atoms with Crippen LogP contribution in [0.25, 0.3) is 0 Å². The van der Waals surface area contributed by atoms with Gasteiger partial charge in [-0.1, -0.05) is 11.8 Å². The molecule has 1 N–H and O–H groups in total. The zero-order valence-corrected chi connectivity index (χ0v) is 10.8. The van der Waals surface area contributed by atoms with E-state index in [2.05, 4.69) is 10.1 Å². The van der Waals surface area contributed by atoms with Crippen molar-refractivity contribution in [3.05, 3.63) is 15.9 Å². The molecule has 1 aliphatic heterocycles.